The molecule has 0 aliphatic heterocycles. The average Bonchev–Trinajstić information content (AvgIpc) is 2.94. The van der Waals surface area contributed by atoms with Gasteiger partial charge in [-0.15, -0.1) is 0 Å². The molecule has 2 heterocycles. The number of rotatable bonds is 5. The van der Waals surface area contributed by atoms with E-state index in [9.17, 15) is 14.9 Å². The third kappa shape index (κ3) is 3.23. The highest BCUT2D eigenvalue weighted by molar-refractivity contribution is 6.32. The highest BCUT2D eigenvalue weighted by Crippen LogP contribution is 2.22. The summed E-state index contributed by atoms with van der Waals surface area (Å²) >= 11 is 5.68. The molecule has 0 aromatic carbocycles. The van der Waals surface area contributed by atoms with Gasteiger partial charge in [0.25, 0.3) is 0 Å². The van der Waals surface area contributed by atoms with Crippen LogP contribution < -0.4 is 5.73 Å². The molecule has 0 atom stereocenters. The van der Waals surface area contributed by atoms with Crippen LogP contribution >= 0.6 is 11.6 Å². The molecule has 0 saturated heterocycles. The van der Waals surface area contributed by atoms with Crippen molar-refractivity contribution >= 4 is 29.4 Å². The number of hydrogen-bond acceptors (Lipinski definition) is 5. The van der Waals surface area contributed by atoms with Gasteiger partial charge in [0.15, 0.2) is 5.02 Å². The molecule has 0 unspecified atom stereocenters. The summed E-state index contributed by atoms with van der Waals surface area (Å²) < 4.78 is 6.67. The van der Waals surface area contributed by atoms with Crippen LogP contribution in [0, 0.1) is 10.1 Å². The minimum Gasteiger partial charge on any atom is -0.460 e. The molecule has 8 nitrogen and oxygen atoms in total. The lowest BCUT2D eigenvalue weighted by molar-refractivity contribution is -0.389. The molecule has 9 heteroatoms. The number of amides is 1. The molecule has 2 aromatic rings. The number of nitrogens with zero attached hydrogens (tertiary/aromatic N) is 3. The van der Waals surface area contributed by atoms with Gasteiger partial charge in [0.05, 0.1) is 11.3 Å². The van der Waals surface area contributed by atoms with E-state index >= 15 is 0 Å². The summed E-state index contributed by atoms with van der Waals surface area (Å²) in [6.07, 6.45) is 3.92. The Labute approximate surface area is 117 Å². The number of hydrogen-bond donors (Lipinski definition) is 1. The summed E-state index contributed by atoms with van der Waals surface area (Å²) in [6.45, 7) is 0.179. The largest absolute Gasteiger partial charge is 0.460 e. The van der Waals surface area contributed by atoms with E-state index in [1.54, 1.807) is 12.1 Å². The molecular formula is C11H9ClN4O4. The highest BCUT2D eigenvalue weighted by atomic mass is 35.5. The van der Waals surface area contributed by atoms with Crippen LogP contribution in [0.3, 0.4) is 0 Å². The smallest absolute Gasteiger partial charge is 0.408 e. The van der Waals surface area contributed by atoms with E-state index in [4.69, 9.17) is 21.8 Å². The third-order valence-electron chi connectivity index (χ3n) is 2.28. The number of furan rings is 1. The Morgan fingerprint density at radius 3 is 2.95 bits per heavy atom. The van der Waals surface area contributed by atoms with Gasteiger partial charge < -0.3 is 20.3 Å². The van der Waals surface area contributed by atoms with Gasteiger partial charge in [0.2, 0.25) is 5.91 Å². The van der Waals surface area contributed by atoms with Crippen LogP contribution in [0.4, 0.5) is 5.82 Å². The summed E-state index contributed by atoms with van der Waals surface area (Å²) in [5.74, 6) is -0.0563. The Morgan fingerprint density at radius 2 is 2.35 bits per heavy atom. The zero-order valence-corrected chi connectivity index (χ0v) is 10.8. The number of carbonyl (C=O) groups is 1. The third-order valence-corrected chi connectivity index (χ3v) is 2.55. The maximum Gasteiger partial charge on any atom is 0.408 e. The van der Waals surface area contributed by atoms with Gasteiger partial charge in [-0.05, 0) is 23.1 Å². The van der Waals surface area contributed by atoms with E-state index in [2.05, 4.69) is 5.10 Å². The molecule has 20 heavy (non-hydrogen) atoms. The van der Waals surface area contributed by atoms with Crippen LogP contribution in [0.2, 0.25) is 5.02 Å². The first kappa shape index (κ1) is 13.8. The van der Waals surface area contributed by atoms with Crippen LogP contribution in [0.25, 0.3) is 6.08 Å². The second kappa shape index (κ2) is 5.57. The van der Waals surface area contributed by atoms with Crippen molar-refractivity contribution in [3.63, 3.8) is 0 Å². The summed E-state index contributed by atoms with van der Waals surface area (Å²) in [7, 11) is 0. The molecule has 0 saturated carbocycles. The van der Waals surface area contributed by atoms with Crippen LogP contribution in [-0.2, 0) is 11.3 Å². The van der Waals surface area contributed by atoms with Gasteiger partial charge in [-0.3, -0.25) is 4.79 Å². The summed E-state index contributed by atoms with van der Waals surface area (Å²) in [5.41, 5.74) is 4.96. The number of primary amides is 1. The SMILES string of the molecule is NC(=O)/C=C\c1ccc(Cn2cc(Cl)c([N+](=O)[O-])n2)o1. The molecule has 2 N–H and O–H groups in total. The second-order valence-corrected chi connectivity index (χ2v) is 4.20. The Kier molecular flexibility index (Phi) is 3.85. The Morgan fingerprint density at radius 1 is 1.60 bits per heavy atom. The zero-order chi connectivity index (χ0) is 14.7. The Bertz CT molecular complexity index is 688. The predicted molar refractivity (Wildman–Crippen MR) is 69.9 cm³/mol. The van der Waals surface area contributed by atoms with Gasteiger partial charge in [0.1, 0.15) is 18.1 Å². The minimum atomic E-state index is -0.665. The first-order valence-corrected chi connectivity index (χ1v) is 5.77. The lowest BCUT2D eigenvalue weighted by Crippen LogP contribution is -2.04. The fraction of sp³-hybridized carbons (Fsp3) is 0.0909. The molecule has 0 spiro atoms. The molecule has 2 aromatic heterocycles. The summed E-state index contributed by atoms with van der Waals surface area (Å²) in [6, 6.07) is 3.29. The van der Waals surface area contributed by atoms with E-state index in [1.807, 2.05) is 0 Å². The Balaban J connectivity index is 2.12. The van der Waals surface area contributed by atoms with Crippen molar-refractivity contribution < 1.29 is 14.1 Å². The lowest BCUT2D eigenvalue weighted by Gasteiger charge is -1.92. The second-order valence-electron chi connectivity index (χ2n) is 3.80. The molecule has 0 aliphatic carbocycles. The van der Waals surface area contributed by atoms with Crippen LogP contribution in [-0.4, -0.2) is 20.6 Å². The predicted octanol–water partition coefficient (Wildman–Crippen LogP) is 1.58. The lowest BCUT2D eigenvalue weighted by atomic mass is 10.4. The number of halogens is 1. The highest BCUT2D eigenvalue weighted by Gasteiger charge is 2.19. The fourth-order valence-electron chi connectivity index (χ4n) is 1.48. The first-order chi connectivity index (χ1) is 9.45. The Hall–Kier alpha value is -2.61. The maximum atomic E-state index is 10.6. The van der Waals surface area contributed by atoms with Crippen molar-refractivity contribution in [1.29, 1.82) is 0 Å². The van der Waals surface area contributed by atoms with Gasteiger partial charge >= 0.3 is 5.82 Å². The summed E-state index contributed by atoms with van der Waals surface area (Å²) in [4.78, 5) is 20.5. The fourth-order valence-corrected chi connectivity index (χ4v) is 1.70. The monoisotopic (exact) mass is 296 g/mol. The molecular weight excluding hydrogens is 288 g/mol. The quantitative estimate of drug-likeness (QED) is 0.510. The van der Waals surface area contributed by atoms with Gasteiger partial charge in [-0.25, -0.2) is 0 Å². The van der Waals surface area contributed by atoms with Crippen LogP contribution in [0.5, 0.6) is 0 Å². The van der Waals surface area contributed by atoms with Crippen LogP contribution in [0.1, 0.15) is 11.5 Å². The van der Waals surface area contributed by atoms with Crippen molar-refractivity contribution in [2.24, 2.45) is 5.73 Å². The maximum absolute atomic E-state index is 10.6. The van der Waals surface area contributed by atoms with Gasteiger partial charge in [-0.1, -0.05) is 11.6 Å². The standard InChI is InChI=1S/C11H9ClN4O4/c12-9-6-15(14-11(9)16(18)19)5-8-2-1-7(20-8)3-4-10(13)17/h1-4,6H,5H2,(H2,13,17)/b4-3-. The molecule has 0 aliphatic rings. The van der Waals surface area contributed by atoms with Crippen molar-refractivity contribution in [3.05, 3.63) is 51.1 Å². The average molecular weight is 297 g/mol. The van der Waals surface area contributed by atoms with E-state index in [1.165, 1.54) is 17.0 Å². The number of nitro groups is 1. The zero-order valence-electron chi connectivity index (χ0n) is 10.0. The normalized spacial score (nSPS) is 11.1. The van der Waals surface area contributed by atoms with Gasteiger partial charge in [-0.2, -0.15) is 4.68 Å². The minimum absolute atomic E-state index is 0.0459. The molecule has 0 fully saturated rings. The van der Waals surface area contributed by atoms with Crippen molar-refractivity contribution in [2.45, 2.75) is 6.54 Å². The van der Waals surface area contributed by atoms with Crippen molar-refractivity contribution in [3.8, 4) is 0 Å². The molecule has 104 valence electrons. The van der Waals surface area contributed by atoms with E-state index in [-0.39, 0.29) is 11.6 Å². The number of carbonyl (C=O) groups excluding carboxylic acids is 1. The first-order valence-electron chi connectivity index (χ1n) is 5.39. The molecule has 2 rings (SSSR count). The summed E-state index contributed by atoms with van der Waals surface area (Å²) in [5, 5.41) is 14.3. The number of aromatic nitrogens is 2. The van der Waals surface area contributed by atoms with E-state index in [0.29, 0.717) is 11.5 Å². The van der Waals surface area contributed by atoms with E-state index in [0.717, 1.165) is 6.08 Å². The molecule has 1 amide bonds. The van der Waals surface area contributed by atoms with Crippen LogP contribution in [0.15, 0.2) is 28.8 Å². The van der Waals surface area contributed by atoms with Gasteiger partial charge in [0, 0.05) is 6.08 Å². The topological polar surface area (TPSA) is 117 Å². The molecule has 0 bridgehead atoms. The van der Waals surface area contributed by atoms with Crippen molar-refractivity contribution in [2.75, 3.05) is 0 Å². The van der Waals surface area contributed by atoms with E-state index < -0.39 is 16.6 Å². The van der Waals surface area contributed by atoms with Crippen molar-refractivity contribution in [1.82, 2.24) is 9.78 Å². The number of nitrogens with two attached hydrogens (primary N) is 1. The molecule has 0 radical (unpaired) electrons.